The molecule has 22 heavy (non-hydrogen) atoms. The first kappa shape index (κ1) is 16.7. The standard InChI is InChI=1S/C18H19BrFNO/c1-12-5-4-6-13(9-12)18(2,3)11-21-17(22)15-10-14(20)7-8-16(15)19/h4-10H,11H2,1-3H3,(H,21,22). The van der Waals surface area contributed by atoms with E-state index in [0.717, 1.165) is 5.56 Å². The molecule has 0 spiro atoms. The zero-order chi connectivity index (χ0) is 16.3. The molecule has 0 fully saturated rings. The van der Waals surface area contributed by atoms with Gasteiger partial charge in [-0.25, -0.2) is 4.39 Å². The molecule has 0 bridgehead atoms. The Morgan fingerprint density at radius 3 is 2.64 bits per heavy atom. The summed E-state index contributed by atoms with van der Waals surface area (Å²) >= 11 is 3.28. The molecule has 2 rings (SSSR count). The Kier molecular flexibility index (Phi) is 5.01. The van der Waals surface area contributed by atoms with Crippen LogP contribution < -0.4 is 5.32 Å². The minimum absolute atomic E-state index is 0.207. The van der Waals surface area contributed by atoms with Gasteiger partial charge in [-0.05, 0) is 46.6 Å². The summed E-state index contributed by atoms with van der Waals surface area (Å²) in [6.45, 7) is 6.66. The van der Waals surface area contributed by atoms with Gasteiger partial charge in [0.25, 0.3) is 5.91 Å². The Morgan fingerprint density at radius 1 is 1.23 bits per heavy atom. The van der Waals surface area contributed by atoms with Crippen LogP contribution in [0.1, 0.15) is 35.3 Å². The molecule has 2 aromatic rings. The van der Waals surface area contributed by atoms with E-state index in [1.807, 2.05) is 19.1 Å². The topological polar surface area (TPSA) is 29.1 Å². The van der Waals surface area contributed by atoms with Crippen molar-refractivity contribution in [1.29, 1.82) is 0 Å². The number of nitrogens with one attached hydrogen (secondary N) is 1. The van der Waals surface area contributed by atoms with Crippen LogP contribution in [0.25, 0.3) is 0 Å². The van der Waals surface area contributed by atoms with Crippen LogP contribution in [0, 0.1) is 12.7 Å². The van der Waals surface area contributed by atoms with Crippen LogP contribution >= 0.6 is 15.9 Å². The predicted molar refractivity (Wildman–Crippen MR) is 90.6 cm³/mol. The molecular formula is C18H19BrFNO. The molecule has 0 aliphatic rings. The summed E-state index contributed by atoms with van der Waals surface area (Å²) in [5.74, 6) is -0.710. The van der Waals surface area contributed by atoms with Gasteiger partial charge >= 0.3 is 0 Å². The van der Waals surface area contributed by atoms with Crippen molar-refractivity contribution in [3.8, 4) is 0 Å². The second kappa shape index (κ2) is 6.61. The maximum Gasteiger partial charge on any atom is 0.252 e. The second-order valence-electron chi connectivity index (χ2n) is 6.06. The van der Waals surface area contributed by atoms with E-state index in [4.69, 9.17) is 0 Å². The highest BCUT2D eigenvalue weighted by atomic mass is 79.9. The number of hydrogen-bond donors (Lipinski definition) is 1. The van der Waals surface area contributed by atoms with Gasteiger partial charge in [0.15, 0.2) is 0 Å². The normalized spacial score (nSPS) is 11.3. The summed E-state index contributed by atoms with van der Waals surface area (Å²) in [7, 11) is 0. The second-order valence-corrected chi connectivity index (χ2v) is 6.91. The minimum atomic E-state index is -0.425. The molecule has 0 saturated carbocycles. The van der Waals surface area contributed by atoms with Crippen LogP contribution in [0.5, 0.6) is 0 Å². The van der Waals surface area contributed by atoms with Gasteiger partial charge in [0.05, 0.1) is 5.56 Å². The van der Waals surface area contributed by atoms with Crippen molar-refractivity contribution in [3.05, 3.63) is 69.4 Å². The average Bonchev–Trinajstić information content (AvgIpc) is 2.47. The van der Waals surface area contributed by atoms with Crippen LogP contribution in [0.3, 0.4) is 0 Å². The first-order valence-corrected chi connectivity index (χ1v) is 7.89. The predicted octanol–water partition coefficient (Wildman–Crippen LogP) is 4.60. The Labute approximate surface area is 138 Å². The Balaban J connectivity index is 2.11. The zero-order valence-corrected chi connectivity index (χ0v) is 14.5. The average molecular weight is 364 g/mol. The van der Waals surface area contributed by atoms with Gasteiger partial charge in [-0.3, -0.25) is 4.79 Å². The van der Waals surface area contributed by atoms with E-state index in [9.17, 15) is 9.18 Å². The summed E-state index contributed by atoms with van der Waals surface area (Å²) in [5.41, 5.74) is 2.44. The molecule has 1 amide bonds. The van der Waals surface area contributed by atoms with Crippen molar-refractivity contribution in [3.63, 3.8) is 0 Å². The number of benzene rings is 2. The molecule has 2 nitrogen and oxygen atoms in total. The van der Waals surface area contributed by atoms with Crippen molar-refractivity contribution >= 4 is 21.8 Å². The highest BCUT2D eigenvalue weighted by Gasteiger charge is 2.22. The van der Waals surface area contributed by atoms with Crippen LogP contribution in [0.4, 0.5) is 4.39 Å². The fraction of sp³-hybridized carbons (Fsp3) is 0.278. The van der Waals surface area contributed by atoms with E-state index < -0.39 is 5.82 Å². The van der Waals surface area contributed by atoms with Gasteiger partial charge in [0, 0.05) is 16.4 Å². The molecule has 0 radical (unpaired) electrons. The Bertz CT molecular complexity index is 697. The maximum absolute atomic E-state index is 13.3. The van der Waals surface area contributed by atoms with Gasteiger partial charge in [0.2, 0.25) is 0 Å². The summed E-state index contributed by atoms with van der Waals surface area (Å²) in [4.78, 5) is 12.3. The summed E-state index contributed by atoms with van der Waals surface area (Å²) in [5, 5.41) is 2.89. The lowest BCUT2D eigenvalue weighted by atomic mass is 9.84. The first-order chi connectivity index (χ1) is 10.3. The number of carbonyl (C=O) groups is 1. The molecule has 116 valence electrons. The number of halogens is 2. The van der Waals surface area contributed by atoms with E-state index in [2.05, 4.69) is 47.2 Å². The van der Waals surface area contributed by atoms with Crippen molar-refractivity contribution < 1.29 is 9.18 Å². The molecule has 0 atom stereocenters. The monoisotopic (exact) mass is 363 g/mol. The molecule has 0 unspecified atom stereocenters. The molecule has 0 aliphatic heterocycles. The van der Waals surface area contributed by atoms with Gasteiger partial charge in [-0.15, -0.1) is 0 Å². The maximum atomic E-state index is 13.3. The van der Waals surface area contributed by atoms with Crippen LogP contribution in [-0.2, 0) is 5.41 Å². The molecule has 4 heteroatoms. The van der Waals surface area contributed by atoms with Gasteiger partial charge < -0.3 is 5.32 Å². The summed E-state index contributed by atoms with van der Waals surface area (Å²) in [6, 6.07) is 12.3. The van der Waals surface area contributed by atoms with Crippen LogP contribution in [0.15, 0.2) is 46.9 Å². The summed E-state index contributed by atoms with van der Waals surface area (Å²) in [6.07, 6.45) is 0. The van der Waals surface area contributed by atoms with Crippen molar-refractivity contribution in [2.75, 3.05) is 6.54 Å². The molecular weight excluding hydrogens is 345 g/mol. The fourth-order valence-electron chi connectivity index (χ4n) is 2.24. The lowest BCUT2D eigenvalue weighted by Gasteiger charge is -2.26. The van der Waals surface area contributed by atoms with Gasteiger partial charge in [0.1, 0.15) is 5.82 Å². The van der Waals surface area contributed by atoms with E-state index in [-0.39, 0.29) is 11.3 Å². The number of hydrogen-bond acceptors (Lipinski definition) is 1. The van der Waals surface area contributed by atoms with Crippen molar-refractivity contribution in [2.45, 2.75) is 26.2 Å². The molecule has 0 aliphatic carbocycles. The van der Waals surface area contributed by atoms with Crippen molar-refractivity contribution in [2.24, 2.45) is 0 Å². The molecule has 0 aromatic heterocycles. The first-order valence-electron chi connectivity index (χ1n) is 7.10. The number of aryl methyl sites for hydroxylation is 1. The van der Waals surface area contributed by atoms with Crippen LogP contribution in [-0.4, -0.2) is 12.5 Å². The fourth-order valence-corrected chi connectivity index (χ4v) is 2.66. The summed E-state index contributed by atoms with van der Waals surface area (Å²) < 4.78 is 13.9. The Morgan fingerprint density at radius 2 is 1.95 bits per heavy atom. The van der Waals surface area contributed by atoms with E-state index in [1.165, 1.54) is 23.8 Å². The smallest absolute Gasteiger partial charge is 0.252 e. The minimum Gasteiger partial charge on any atom is -0.351 e. The lowest BCUT2D eigenvalue weighted by molar-refractivity contribution is 0.0944. The van der Waals surface area contributed by atoms with Gasteiger partial charge in [-0.2, -0.15) is 0 Å². The van der Waals surface area contributed by atoms with E-state index in [1.54, 1.807) is 0 Å². The highest BCUT2D eigenvalue weighted by molar-refractivity contribution is 9.10. The third-order valence-electron chi connectivity index (χ3n) is 3.66. The highest BCUT2D eigenvalue weighted by Crippen LogP contribution is 2.24. The SMILES string of the molecule is Cc1cccc(C(C)(C)CNC(=O)c2cc(F)ccc2Br)c1. The number of rotatable bonds is 4. The zero-order valence-electron chi connectivity index (χ0n) is 12.9. The third-order valence-corrected chi connectivity index (χ3v) is 4.35. The largest absolute Gasteiger partial charge is 0.351 e. The van der Waals surface area contributed by atoms with E-state index >= 15 is 0 Å². The molecule has 1 N–H and O–H groups in total. The van der Waals surface area contributed by atoms with Gasteiger partial charge in [-0.1, -0.05) is 43.7 Å². The number of amides is 1. The van der Waals surface area contributed by atoms with Crippen LogP contribution in [0.2, 0.25) is 0 Å². The lowest BCUT2D eigenvalue weighted by Crippen LogP contribution is -2.36. The molecule has 0 heterocycles. The van der Waals surface area contributed by atoms with E-state index in [0.29, 0.717) is 16.6 Å². The molecule has 0 saturated heterocycles. The Hall–Kier alpha value is -1.68. The number of carbonyl (C=O) groups excluding carboxylic acids is 1. The van der Waals surface area contributed by atoms with Crippen molar-refractivity contribution in [1.82, 2.24) is 5.32 Å². The molecule has 2 aromatic carbocycles. The quantitative estimate of drug-likeness (QED) is 0.844. The third kappa shape index (κ3) is 3.95.